The van der Waals surface area contributed by atoms with Crippen LogP contribution >= 0.6 is 0 Å². The van der Waals surface area contributed by atoms with Crippen molar-refractivity contribution >= 4 is 40.1 Å². The summed E-state index contributed by atoms with van der Waals surface area (Å²) in [4.78, 5) is 49.9. The number of imidazole rings is 1. The molecule has 1 spiro atoms. The highest BCUT2D eigenvalue weighted by atomic mass is 16.2. The second kappa shape index (κ2) is 6.68. The van der Waals surface area contributed by atoms with Crippen LogP contribution in [0.2, 0.25) is 0 Å². The number of rotatable bonds is 3. The zero-order chi connectivity index (χ0) is 22.9. The number of nitrogens with zero attached hydrogens (tertiary/aromatic N) is 2. The van der Waals surface area contributed by atoms with Gasteiger partial charge in [0.05, 0.1) is 28.7 Å². The molecule has 9 nitrogen and oxygen atoms in total. The Morgan fingerprint density at radius 1 is 1.06 bits per heavy atom. The first-order chi connectivity index (χ1) is 15.8. The Labute approximate surface area is 188 Å². The topological polar surface area (TPSA) is 114 Å². The Morgan fingerprint density at radius 2 is 1.88 bits per heavy atom. The lowest BCUT2D eigenvalue weighted by molar-refractivity contribution is -0.128. The molecular weight excluding hydrogens is 422 g/mol. The third-order valence-corrected chi connectivity index (χ3v) is 6.78. The third-order valence-electron chi connectivity index (χ3n) is 6.78. The Bertz CT molecular complexity index is 1480. The fourth-order valence-corrected chi connectivity index (χ4v) is 5.35. The molecule has 1 aromatic heterocycles. The van der Waals surface area contributed by atoms with Crippen LogP contribution in [0.3, 0.4) is 0 Å². The SMILES string of the molecule is C=C1Cn2c(=O)n(CC(=O)Nc3ccc4c(c3)CC3(CC(=O)NC3=O)C4)c3cccc(c32)N1. The minimum atomic E-state index is -0.709. The first-order valence-electron chi connectivity index (χ1n) is 10.8. The molecule has 1 saturated heterocycles. The van der Waals surface area contributed by atoms with Gasteiger partial charge in [0.2, 0.25) is 17.7 Å². The van der Waals surface area contributed by atoms with Gasteiger partial charge in [0, 0.05) is 17.8 Å². The fraction of sp³-hybridized carbons (Fsp3) is 0.250. The van der Waals surface area contributed by atoms with Crippen LogP contribution in [0, 0.1) is 5.41 Å². The number of imide groups is 1. The second-order valence-corrected chi connectivity index (χ2v) is 9.08. The van der Waals surface area contributed by atoms with Gasteiger partial charge in [-0.15, -0.1) is 0 Å². The molecule has 1 fully saturated rings. The van der Waals surface area contributed by atoms with Gasteiger partial charge in [-0.2, -0.15) is 0 Å². The first kappa shape index (κ1) is 19.5. The van der Waals surface area contributed by atoms with E-state index in [9.17, 15) is 19.2 Å². The number of carbonyl (C=O) groups excluding carboxylic acids is 3. The zero-order valence-corrected chi connectivity index (χ0v) is 17.7. The molecule has 0 saturated carbocycles. The van der Waals surface area contributed by atoms with Crippen LogP contribution in [-0.2, 0) is 40.3 Å². The monoisotopic (exact) mass is 443 g/mol. The Kier molecular flexibility index (Phi) is 3.95. The lowest BCUT2D eigenvalue weighted by Gasteiger charge is -2.18. The Morgan fingerprint density at radius 3 is 2.67 bits per heavy atom. The van der Waals surface area contributed by atoms with Crippen LogP contribution in [0.4, 0.5) is 11.4 Å². The predicted octanol–water partition coefficient (Wildman–Crippen LogP) is 1.51. The van der Waals surface area contributed by atoms with Gasteiger partial charge < -0.3 is 10.6 Å². The number of hydrogen-bond donors (Lipinski definition) is 3. The molecule has 33 heavy (non-hydrogen) atoms. The van der Waals surface area contributed by atoms with Gasteiger partial charge in [0.1, 0.15) is 6.54 Å². The maximum absolute atomic E-state index is 13.0. The number of amides is 3. The van der Waals surface area contributed by atoms with Gasteiger partial charge in [-0.1, -0.05) is 18.7 Å². The third kappa shape index (κ3) is 2.92. The van der Waals surface area contributed by atoms with Crippen molar-refractivity contribution in [2.75, 3.05) is 10.6 Å². The van der Waals surface area contributed by atoms with Crippen molar-refractivity contribution in [3.63, 3.8) is 0 Å². The second-order valence-electron chi connectivity index (χ2n) is 9.08. The van der Waals surface area contributed by atoms with Crippen molar-refractivity contribution in [3.05, 3.63) is 70.3 Å². The van der Waals surface area contributed by atoms with Gasteiger partial charge in [-0.05, 0) is 48.2 Å². The molecular formula is C24H21N5O4. The number of anilines is 2. The maximum Gasteiger partial charge on any atom is 0.330 e. The minimum absolute atomic E-state index is 0.129. The summed E-state index contributed by atoms with van der Waals surface area (Å²) in [6, 6.07) is 11.1. The van der Waals surface area contributed by atoms with Crippen molar-refractivity contribution in [1.29, 1.82) is 0 Å². The number of para-hydroxylation sites is 1. The highest BCUT2D eigenvalue weighted by molar-refractivity contribution is 6.06. The van der Waals surface area contributed by atoms with Crippen LogP contribution in [0.1, 0.15) is 17.5 Å². The van der Waals surface area contributed by atoms with E-state index in [1.165, 1.54) is 4.57 Å². The van der Waals surface area contributed by atoms with Gasteiger partial charge in [0.25, 0.3) is 0 Å². The van der Waals surface area contributed by atoms with Crippen molar-refractivity contribution in [1.82, 2.24) is 14.5 Å². The largest absolute Gasteiger partial charge is 0.356 e. The summed E-state index contributed by atoms with van der Waals surface area (Å²) in [7, 11) is 0. The number of benzene rings is 2. The summed E-state index contributed by atoms with van der Waals surface area (Å²) in [6.07, 6.45) is 1.18. The number of allylic oxidation sites excluding steroid dienone is 1. The predicted molar refractivity (Wildman–Crippen MR) is 122 cm³/mol. The molecule has 0 bridgehead atoms. The van der Waals surface area contributed by atoms with Crippen molar-refractivity contribution in [2.45, 2.75) is 32.4 Å². The Hall–Kier alpha value is -4.14. The summed E-state index contributed by atoms with van der Waals surface area (Å²) >= 11 is 0. The summed E-state index contributed by atoms with van der Waals surface area (Å²) in [5.74, 6) is -0.787. The molecule has 1 aliphatic carbocycles. The Balaban J connectivity index is 1.25. The molecule has 3 N–H and O–H groups in total. The maximum atomic E-state index is 13.0. The number of hydrogen-bond acceptors (Lipinski definition) is 5. The molecule has 9 heteroatoms. The molecule has 3 amide bonds. The molecule has 2 aliphatic heterocycles. The molecule has 2 aromatic carbocycles. The van der Waals surface area contributed by atoms with Crippen molar-refractivity contribution in [3.8, 4) is 0 Å². The van der Waals surface area contributed by atoms with E-state index in [1.807, 2.05) is 30.3 Å². The van der Waals surface area contributed by atoms with Crippen LogP contribution in [0.25, 0.3) is 11.0 Å². The van der Waals surface area contributed by atoms with E-state index in [1.54, 1.807) is 10.6 Å². The zero-order valence-electron chi connectivity index (χ0n) is 17.7. The van der Waals surface area contributed by atoms with Crippen LogP contribution < -0.4 is 21.6 Å². The molecule has 3 aromatic rings. The van der Waals surface area contributed by atoms with Gasteiger partial charge >= 0.3 is 5.69 Å². The van der Waals surface area contributed by atoms with E-state index in [4.69, 9.17) is 0 Å². The average molecular weight is 443 g/mol. The smallest absolute Gasteiger partial charge is 0.330 e. The number of fused-ring (bicyclic) bond motifs is 1. The first-order valence-corrected chi connectivity index (χ1v) is 10.8. The average Bonchev–Trinajstić information content (AvgIpc) is 3.35. The normalized spacial score (nSPS) is 20.8. The van der Waals surface area contributed by atoms with Crippen molar-refractivity contribution < 1.29 is 14.4 Å². The van der Waals surface area contributed by atoms with E-state index in [2.05, 4.69) is 22.5 Å². The minimum Gasteiger partial charge on any atom is -0.356 e. The number of nitrogens with one attached hydrogen (secondary N) is 3. The molecule has 6 rings (SSSR count). The molecule has 1 unspecified atom stereocenters. The molecule has 3 aliphatic rings. The van der Waals surface area contributed by atoms with E-state index in [0.29, 0.717) is 36.3 Å². The van der Waals surface area contributed by atoms with Crippen LogP contribution in [0.5, 0.6) is 0 Å². The van der Waals surface area contributed by atoms with E-state index in [0.717, 1.165) is 22.3 Å². The van der Waals surface area contributed by atoms with Gasteiger partial charge in [0.15, 0.2) is 0 Å². The van der Waals surface area contributed by atoms with Gasteiger partial charge in [-0.3, -0.25) is 28.8 Å². The van der Waals surface area contributed by atoms with Crippen LogP contribution in [0.15, 0.2) is 53.5 Å². The summed E-state index contributed by atoms with van der Waals surface area (Å²) in [6.45, 7) is 4.15. The lowest BCUT2D eigenvalue weighted by atomic mass is 9.83. The number of aromatic nitrogens is 2. The lowest BCUT2D eigenvalue weighted by Crippen LogP contribution is -2.32. The highest BCUT2D eigenvalue weighted by Crippen LogP contribution is 2.43. The molecule has 0 radical (unpaired) electrons. The van der Waals surface area contributed by atoms with Gasteiger partial charge in [-0.25, -0.2) is 4.79 Å². The molecule has 1 atom stereocenters. The standard InChI is InChI=1S/C24H21N5O4/c1-13-11-29-21-17(25-13)3-2-4-18(21)28(23(29)33)12-20(31)26-16-6-5-14-8-24(9-15(14)7-16)10-19(30)27-22(24)32/h2-7,25H,1,8-12H2,(H,26,31)(H,27,30,32). The van der Waals surface area contributed by atoms with Crippen molar-refractivity contribution in [2.24, 2.45) is 5.41 Å². The molecule has 166 valence electrons. The fourth-order valence-electron chi connectivity index (χ4n) is 5.35. The highest BCUT2D eigenvalue weighted by Gasteiger charge is 2.50. The summed E-state index contributed by atoms with van der Waals surface area (Å²) in [5, 5.41) is 8.46. The molecule has 3 heterocycles. The van der Waals surface area contributed by atoms with Crippen LogP contribution in [-0.4, -0.2) is 26.9 Å². The number of carbonyl (C=O) groups is 3. The summed E-state index contributed by atoms with van der Waals surface area (Å²) < 4.78 is 3.09. The quantitative estimate of drug-likeness (QED) is 0.531. The summed E-state index contributed by atoms with van der Waals surface area (Å²) in [5.41, 5.74) is 4.53. The van der Waals surface area contributed by atoms with E-state index < -0.39 is 5.41 Å². The van der Waals surface area contributed by atoms with E-state index in [-0.39, 0.29) is 36.4 Å². The van der Waals surface area contributed by atoms with E-state index >= 15 is 0 Å².